The van der Waals surface area contributed by atoms with E-state index in [0.717, 1.165) is 18.4 Å². The first-order valence-electron chi connectivity index (χ1n) is 9.62. The average Bonchev–Trinajstić information content (AvgIpc) is 2.79. The predicted molar refractivity (Wildman–Crippen MR) is 112 cm³/mol. The molecule has 0 heterocycles. The van der Waals surface area contributed by atoms with E-state index >= 15 is 0 Å². The monoisotopic (exact) mass is 436 g/mol. The molecule has 1 saturated carbocycles. The van der Waals surface area contributed by atoms with E-state index in [1.807, 2.05) is 30.3 Å². The quantitative estimate of drug-likeness (QED) is 0.569. The Morgan fingerprint density at radius 2 is 1.67 bits per heavy atom. The molecule has 0 spiro atoms. The second-order valence-electron chi connectivity index (χ2n) is 7.01. The molecule has 1 fully saturated rings. The number of benzene rings is 2. The largest absolute Gasteiger partial charge is 0.497 e. The number of nitrogens with two attached hydrogens (primary N) is 1. The second-order valence-corrected chi connectivity index (χ2v) is 8.90. The lowest BCUT2D eigenvalue weighted by atomic mass is 9.84. The normalized spacial score (nSPS) is 18.9. The number of nitrogens with zero attached hydrogens (tertiary/aromatic N) is 1. The maximum absolute atomic E-state index is 13.5. The molecule has 4 N–H and O–H groups in total. The summed E-state index contributed by atoms with van der Waals surface area (Å²) in [6, 6.07) is 14.9. The van der Waals surface area contributed by atoms with Gasteiger partial charge < -0.3 is 15.1 Å². The van der Waals surface area contributed by atoms with Gasteiger partial charge in [0.25, 0.3) is 0 Å². The van der Waals surface area contributed by atoms with E-state index in [9.17, 15) is 18.3 Å². The van der Waals surface area contributed by atoms with Gasteiger partial charge in [0.1, 0.15) is 5.75 Å². The SMILES string of the molecule is COc1ccc(S(=O)(=O)N(Cc2ccccc2)C2CCCCC2C(=O)O)cc1.NO. The van der Waals surface area contributed by atoms with Crippen molar-refractivity contribution in [3.05, 3.63) is 60.2 Å². The van der Waals surface area contributed by atoms with E-state index in [-0.39, 0.29) is 11.4 Å². The van der Waals surface area contributed by atoms with Crippen LogP contribution >= 0.6 is 0 Å². The van der Waals surface area contributed by atoms with Crippen molar-refractivity contribution in [2.24, 2.45) is 11.8 Å². The lowest BCUT2D eigenvalue weighted by Crippen LogP contribution is -2.47. The maximum Gasteiger partial charge on any atom is 0.308 e. The van der Waals surface area contributed by atoms with Gasteiger partial charge in [-0.3, -0.25) is 4.79 Å². The zero-order valence-electron chi connectivity index (χ0n) is 16.8. The van der Waals surface area contributed by atoms with Gasteiger partial charge in [-0.15, -0.1) is 0 Å². The van der Waals surface area contributed by atoms with Crippen molar-refractivity contribution < 1.29 is 28.3 Å². The second kappa shape index (κ2) is 11.1. The van der Waals surface area contributed by atoms with Gasteiger partial charge in [0.15, 0.2) is 0 Å². The fourth-order valence-corrected chi connectivity index (χ4v) is 5.45. The minimum absolute atomic E-state index is 0.138. The molecule has 0 bridgehead atoms. The molecule has 0 radical (unpaired) electrons. The highest BCUT2D eigenvalue weighted by molar-refractivity contribution is 7.89. The van der Waals surface area contributed by atoms with Crippen LogP contribution in [-0.2, 0) is 21.4 Å². The fourth-order valence-electron chi connectivity index (χ4n) is 3.77. The molecule has 0 amide bonds. The molecular formula is C21H28N2O6S. The molecule has 30 heavy (non-hydrogen) atoms. The van der Waals surface area contributed by atoms with E-state index < -0.39 is 28.0 Å². The van der Waals surface area contributed by atoms with Gasteiger partial charge in [-0.1, -0.05) is 43.2 Å². The van der Waals surface area contributed by atoms with Crippen LogP contribution in [0.2, 0.25) is 0 Å². The van der Waals surface area contributed by atoms with Gasteiger partial charge in [0.2, 0.25) is 10.0 Å². The Morgan fingerprint density at radius 1 is 1.07 bits per heavy atom. The Labute approximate surface area is 176 Å². The van der Waals surface area contributed by atoms with Crippen molar-refractivity contribution in [3.8, 4) is 5.75 Å². The number of carboxylic acids is 1. The number of ether oxygens (including phenoxy) is 1. The first-order chi connectivity index (χ1) is 14.4. The molecule has 2 unspecified atom stereocenters. The molecule has 9 heteroatoms. The molecule has 1 aliphatic rings. The zero-order valence-corrected chi connectivity index (χ0v) is 17.7. The Balaban J connectivity index is 0.00000155. The molecule has 3 rings (SSSR count). The van der Waals surface area contributed by atoms with Gasteiger partial charge in [-0.05, 0) is 42.7 Å². The summed E-state index contributed by atoms with van der Waals surface area (Å²) < 4.78 is 33.5. The molecule has 1 aliphatic carbocycles. The smallest absolute Gasteiger partial charge is 0.308 e. The standard InChI is InChI=1S/C21H25NO5S.H3NO/c1-27-17-11-13-18(14-12-17)28(25,26)22(15-16-7-3-2-4-8-16)20-10-6-5-9-19(20)21(23)24;1-2/h2-4,7-8,11-14,19-20H,5-6,9-10,15H2,1H3,(H,23,24);2H,1H2. The Bertz CT molecular complexity index is 903. The number of aliphatic carboxylic acids is 1. The molecular weight excluding hydrogens is 408 g/mol. The van der Waals surface area contributed by atoms with Crippen LogP contribution in [0.25, 0.3) is 0 Å². The van der Waals surface area contributed by atoms with E-state index in [1.165, 1.54) is 23.5 Å². The first kappa shape index (κ1) is 23.8. The van der Waals surface area contributed by atoms with Gasteiger partial charge in [-0.25, -0.2) is 14.3 Å². The van der Waals surface area contributed by atoms with Crippen molar-refractivity contribution in [2.75, 3.05) is 7.11 Å². The summed E-state index contributed by atoms with van der Waals surface area (Å²) >= 11 is 0. The molecule has 2 aromatic carbocycles. The van der Waals surface area contributed by atoms with Crippen molar-refractivity contribution >= 4 is 16.0 Å². The van der Waals surface area contributed by atoms with E-state index in [0.29, 0.717) is 18.6 Å². The van der Waals surface area contributed by atoms with Crippen LogP contribution in [0.3, 0.4) is 0 Å². The van der Waals surface area contributed by atoms with Crippen molar-refractivity contribution in [2.45, 2.75) is 43.2 Å². The first-order valence-corrected chi connectivity index (χ1v) is 11.1. The molecule has 0 saturated heterocycles. The minimum Gasteiger partial charge on any atom is -0.497 e. The molecule has 2 atom stereocenters. The van der Waals surface area contributed by atoms with Gasteiger partial charge >= 0.3 is 5.97 Å². The summed E-state index contributed by atoms with van der Waals surface area (Å²) in [4.78, 5) is 12.0. The molecule has 0 aromatic heterocycles. The van der Waals surface area contributed by atoms with Crippen LogP contribution < -0.4 is 10.6 Å². The van der Waals surface area contributed by atoms with Crippen molar-refractivity contribution in [1.82, 2.24) is 4.31 Å². The summed E-state index contributed by atoms with van der Waals surface area (Å²) in [5.41, 5.74) is 0.828. The summed E-state index contributed by atoms with van der Waals surface area (Å²) in [7, 11) is -2.36. The van der Waals surface area contributed by atoms with Crippen LogP contribution in [0.4, 0.5) is 0 Å². The van der Waals surface area contributed by atoms with E-state index in [2.05, 4.69) is 5.90 Å². The molecule has 0 aliphatic heterocycles. The van der Waals surface area contributed by atoms with Crippen LogP contribution in [-0.4, -0.2) is 42.2 Å². The zero-order chi connectivity index (χ0) is 22.1. The third-order valence-corrected chi connectivity index (χ3v) is 7.15. The van der Waals surface area contributed by atoms with Gasteiger partial charge in [-0.2, -0.15) is 4.31 Å². The van der Waals surface area contributed by atoms with E-state index in [1.54, 1.807) is 12.1 Å². The fraction of sp³-hybridized carbons (Fsp3) is 0.381. The number of carboxylic acid groups (broad SMARTS) is 1. The lowest BCUT2D eigenvalue weighted by molar-refractivity contribution is -0.144. The molecule has 2 aromatic rings. The highest BCUT2D eigenvalue weighted by Crippen LogP contribution is 2.34. The highest BCUT2D eigenvalue weighted by atomic mass is 32.2. The third kappa shape index (κ3) is 5.57. The summed E-state index contributed by atoms with van der Waals surface area (Å²) in [5, 5.41) is 16.2. The predicted octanol–water partition coefficient (Wildman–Crippen LogP) is 2.86. The van der Waals surface area contributed by atoms with Crippen LogP contribution in [0.5, 0.6) is 5.75 Å². The third-order valence-electron chi connectivity index (χ3n) is 5.26. The molecule has 8 nitrogen and oxygen atoms in total. The van der Waals surface area contributed by atoms with Crippen molar-refractivity contribution in [3.63, 3.8) is 0 Å². The van der Waals surface area contributed by atoms with E-state index in [4.69, 9.17) is 9.94 Å². The number of sulfonamides is 1. The number of methoxy groups -OCH3 is 1. The maximum atomic E-state index is 13.5. The number of rotatable bonds is 7. The number of hydrogen-bond acceptors (Lipinski definition) is 6. The number of hydrogen-bond donors (Lipinski definition) is 3. The van der Waals surface area contributed by atoms with Crippen LogP contribution in [0.15, 0.2) is 59.5 Å². The van der Waals surface area contributed by atoms with Gasteiger partial charge in [0.05, 0.1) is 17.9 Å². The number of carbonyl (C=O) groups is 1. The summed E-state index contributed by atoms with van der Waals surface area (Å²) in [6.07, 6.45) is 2.65. The summed E-state index contributed by atoms with van der Waals surface area (Å²) in [6.45, 7) is 0.143. The molecule has 164 valence electrons. The van der Waals surface area contributed by atoms with Crippen molar-refractivity contribution in [1.29, 1.82) is 0 Å². The Kier molecular flexibility index (Phi) is 8.79. The Hall–Kier alpha value is -2.46. The topological polar surface area (TPSA) is 130 Å². The minimum atomic E-state index is -3.88. The average molecular weight is 437 g/mol. The van der Waals surface area contributed by atoms with Crippen LogP contribution in [0.1, 0.15) is 31.2 Å². The summed E-state index contributed by atoms with van der Waals surface area (Å²) in [5.74, 6) is 2.42. The van der Waals surface area contributed by atoms with Crippen LogP contribution in [0, 0.1) is 5.92 Å². The highest BCUT2D eigenvalue weighted by Gasteiger charge is 2.40. The Morgan fingerprint density at radius 3 is 2.23 bits per heavy atom. The van der Waals surface area contributed by atoms with Gasteiger partial charge in [0, 0.05) is 12.6 Å². The lowest BCUT2D eigenvalue weighted by Gasteiger charge is -2.37.